The molecule has 0 spiro atoms. The van der Waals surface area contributed by atoms with Crippen molar-refractivity contribution >= 4 is 16.9 Å². The molecule has 1 aromatic heterocycles. The number of phenolic OH excluding ortho intramolecular Hbond substituents is 1. The third-order valence-electron chi connectivity index (χ3n) is 6.14. The molecule has 0 radical (unpaired) electrons. The van der Waals surface area contributed by atoms with Gasteiger partial charge in [0.2, 0.25) is 0 Å². The molecule has 0 aliphatic carbocycles. The van der Waals surface area contributed by atoms with Gasteiger partial charge in [0.25, 0.3) is 0 Å². The van der Waals surface area contributed by atoms with Gasteiger partial charge in [-0.2, -0.15) is 0 Å². The van der Waals surface area contributed by atoms with Gasteiger partial charge in [-0.1, -0.05) is 12.1 Å². The van der Waals surface area contributed by atoms with Crippen LogP contribution in [0.4, 0.5) is 0 Å². The fourth-order valence-electron chi connectivity index (χ4n) is 4.41. The molecule has 0 bridgehead atoms. The lowest BCUT2D eigenvalue weighted by Gasteiger charge is -2.32. The number of likely N-dealkylation sites (tertiary alicyclic amines) is 1. The number of nitrogens with one attached hydrogen (secondary N) is 1. The Labute approximate surface area is 171 Å². The minimum atomic E-state index is -0.880. The number of nitrogens with zero attached hydrogens (tertiary/aromatic N) is 1. The van der Waals surface area contributed by atoms with E-state index in [0.29, 0.717) is 17.2 Å². The molecule has 152 valence electrons. The van der Waals surface area contributed by atoms with E-state index in [1.54, 1.807) is 24.3 Å². The monoisotopic (exact) mass is 392 g/mol. The maximum absolute atomic E-state index is 11.2. The molecule has 2 aromatic carbocycles. The molecule has 0 saturated carbocycles. The summed E-state index contributed by atoms with van der Waals surface area (Å²) in [5.41, 5.74) is 3.88. The largest absolute Gasteiger partial charge is 0.508 e. The average molecular weight is 392 g/mol. The van der Waals surface area contributed by atoms with E-state index in [0.717, 1.165) is 49.8 Å². The number of aromatic hydroxyl groups is 1. The van der Waals surface area contributed by atoms with Crippen LogP contribution >= 0.6 is 0 Å². The number of benzene rings is 2. The van der Waals surface area contributed by atoms with Crippen LogP contribution in [-0.2, 0) is 6.42 Å². The summed E-state index contributed by atoms with van der Waals surface area (Å²) < 4.78 is 0. The van der Waals surface area contributed by atoms with Gasteiger partial charge in [-0.25, -0.2) is 4.79 Å². The first-order chi connectivity index (χ1) is 14.1. The highest BCUT2D eigenvalue weighted by Crippen LogP contribution is 2.29. The molecule has 1 saturated heterocycles. The third-order valence-corrected chi connectivity index (χ3v) is 6.14. The van der Waals surface area contributed by atoms with Crippen molar-refractivity contribution in [1.82, 2.24) is 9.88 Å². The number of phenols is 1. The van der Waals surface area contributed by atoms with Gasteiger partial charge in [0.05, 0.1) is 5.56 Å². The summed E-state index contributed by atoms with van der Waals surface area (Å²) in [5.74, 6) is 0.0526. The number of fused-ring (bicyclic) bond motifs is 1. The molecule has 1 fully saturated rings. The Hall–Kier alpha value is -2.79. The number of carboxylic acid groups (broad SMARTS) is 1. The lowest BCUT2D eigenvalue weighted by Crippen LogP contribution is -2.33. The van der Waals surface area contributed by atoms with E-state index in [-0.39, 0.29) is 0 Å². The number of aromatic carboxylic acids is 1. The Morgan fingerprint density at radius 3 is 2.55 bits per heavy atom. The smallest absolute Gasteiger partial charge is 0.335 e. The lowest BCUT2D eigenvalue weighted by molar-refractivity contribution is 0.0697. The van der Waals surface area contributed by atoms with Gasteiger partial charge in [-0.15, -0.1) is 0 Å². The zero-order valence-corrected chi connectivity index (χ0v) is 16.6. The highest BCUT2D eigenvalue weighted by molar-refractivity contribution is 5.94. The molecule has 3 aromatic rings. The number of unbranched alkanes of at least 4 members (excludes halogenated alkanes) is 1. The van der Waals surface area contributed by atoms with Crippen molar-refractivity contribution in [3.05, 3.63) is 65.4 Å². The first kappa shape index (κ1) is 19.5. The van der Waals surface area contributed by atoms with Gasteiger partial charge in [-0.3, -0.25) is 0 Å². The quantitative estimate of drug-likeness (QED) is 0.506. The molecule has 5 heteroatoms. The van der Waals surface area contributed by atoms with Crippen LogP contribution in [0.25, 0.3) is 10.9 Å². The first-order valence-electron chi connectivity index (χ1n) is 10.4. The van der Waals surface area contributed by atoms with Crippen molar-refractivity contribution in [2.24, 2.45) is 0 Å². The normalized spacial score (nSPS) is 15.7. The van der Waals surface area contributed by atoms with Crippen molar-refractivity contribution < 1.29 is 15.0 Å². The summed E-state index contributed by atoms with van der Waals surface area (Å²) in [6, 6.07) is 12.9. The fourth-order valence-corrected chi connectivity index (χ4v) is 4.41. The van der Waals surface area contributed by atoms with E-state index < -0.39 is 5.97 Å². The maximum Gasteiger partial charge on any atom is 0.335 e. The Morgan fingerprint density at radius 2 is 1.83 bits per heavy atom. The summed E-state index contributed by atoms with van der Waals surface area (Å²) >= 11 is 0. The Bertz CT molecular complexity index is 969. The number of rotatable bonds is 7. The molecule has 29 heavy (non-hydrogen) atoms. The van der Waals surface area contributed by atoms with Crippen molar-refractivity contribution in [1.29, 1.82) is 0 Å². The van der Waals surface area contributed by atoms with Gasteiger partial charge in [0.15, 0.2) is 0 Å². The van der Waals surface area contributed by atoms with Crippen molar-refractivity contribution in [3.8, 4) is 5.75 Å². The molecule has 1 aliphatic heterocycles. The zero-order valence-electron chi connectivity index (χ0n) is 16.6. The van der Waals surface area contributed by atoms with Gasteiger partial charge in [-0.05, 0) is 99.1 Å². The number of H-pyrrole nitrogens is 1. The predicted molar refractivity (Wildman–Crippen MR) is 115 cm³/mol. The highest BCUT2D eigenvalue weighted by Gasteiger charge is 2.20. The van der Waals surface area contributed by atoms with E-state index in [1.165, 1.54) is 24.0 Å². The second-order valence-corrected chi connectivity index (χ2v) is 8.04. The lowest BCUT2D eigenvalue weighted by atomic mass is 9.89. The molecule has 4 rings (SSSR count). The minimum Gasteiger partial charge on any atom is -0.508 e. The summed E-state index contributed by atoms with van der Waals surface area (Å²) in [4.78, 5) is 17.0. The summed E-state index contributed by atoms with van der Waals surface area (Å²) in [5, 5.41) is 19.7. The van der Waals surface area contributed by atoms with Crippen LogP contribution in [0.5, 0.6) is 5.75 Å². The van der Waals surface area contributed by atoms with Crippen LogP contribution in [-0.4, -0.2) is 45.7 Å². The number of piperidine rings is 1. The summed E-state index contributed by atoms with van der Waals surface area (Å²) in [6.45, 7) is 3.37. The second kappa shape index (κ2) is 8.70. The standard InChI is InChI=1S/C24H28N2O3/c27-21-7-4-17(5-8-21)18-10-13-26(14-11-18)12-2-1-3-20-16-25-23-9-6-19(24(28)29)15-22(20)23/h4-9,15-16,18,25,27H,1-3,10-14H2,(H,28,29). The van der Waals surface area contributed by atoms with Crippen LogP contribution in [0.1, 0.15) is 53.1 Å². The van der Waals surface area contributed by atoms with Crippen LogP contribution < -0.4 is 0 Å². The molecular formula is C24H28N2O3. The van der Waals surface area contributed by atoms with E-state index in [4.69, 9.17) is 0 Å². The van der Waals surface area contributed by atoms with Crippen LogP contribution in [0.15, 0.2) is 48.7 Å². The third kappa shape index (κ3) is 4.62. The number of aryl methyl sites for hydroxylation is 1. The Balaban J connectivity index is 1.23. The second-order valence-electron chi connectivity index (χ2n) is 8.04. The van der Waals surface area contributed by atoms with Crippen molar-refractivity contribution in [3.63, 3.8) is 0 Å². The number of carbonyl (C=O) groups is 1. The Morgan fingerprint density at radius 1 is 1.07 bits per heavy atom. The van der Waals surface area contributed by atoms with E-state index in [9.17, 15) is 15.0 Å². The van der Waals surface area contributed by atoms with Crippen LogP contribution in [0.3, 0.4) is 0 Å². The number of hydrogen-bond donors (Lipinski definition) is 3. The molecule has 3 N–H and O–H groups in total. The molecule has 0 unspecified atom stereocenters. The minimum absolute atomic E-state index is 0.334. The predicted octanol–water partition coefficient (Wildman–Crippen LogP) is 4.77. The van der Waals surface area contributed by atoms with Crippen LogP contribution in [0.2, 0.25) is 0 Å². The summed E-state index contributed by atoms with van der Waals surface area (Å²) in [6.07, 6.45) is 7.57. The van der Waals surface area contributed by atoms with E-state index in [2.05, 4.69) is 9.88 Å². The van der Waals surface area contributed by atoms with Gasteiger partial charge in [0, 0.05) is 17.1 Å². The number of aromatic nitrogens is 1. The average Bonchev–Trinajstić information content (AvgIpc) is 3.14. The molecule has 1 aliphatic rings. The Kier molecular flexibility index (Phi) is 5.86. The SMILES string of the molecule is O=C(O)c1ccc2[nH]cc(CCCCN3CCC(c4ccc(O)cc4)CC3)c2c1. The van der Waals surface area contributed by atoms with Gasteiger partial charge in [0.1, 0.15) is 5.75 Å². The summed E-state index contributed by atoms with van der Waals surface area (Å²) in [7, 11) is 0. The molecule has 5 nitrogen and oxygen atoms in total. The number of carboxylic acids is 1. The topological polar surface area (TPSA) is 76.6 Å². The van der Waals surface area contributed by atoms with Gasteiger partial charge < -0.3 is 20.1 Å². The first-order valence-corrected chi connectivity index (χ1v) is 10.4. The number of hydrogen-bond acceptors (Lipinski definition) is 3. The molecular weight excluding hydrogens is 364 g/mol. The van der Waals surface area contributed by atoms with Crippen molar-refractivity contribution in [2.45, 2.75) is 38.0 Å². The zero-order chi connectivity index (χ0) is 20.2. The van der Waals surface area contributed by atoms with E-state index >= 15 is 0 Å². The maximum atomic E-state index is 11.2. The van der Waals surface area contributed by atoms with Gasteiger partial charge >= 0.3 is 5.97 Å². The molecule has 0 amide bonds. The van der Waals surface area contributed by atoms with Crippen LogP contribution in [0, 0.1) is 0 Å². The fraction of sp³-hybridized carbons (Fsp3) is 0.375. The molecule has 0 atom stereocenters. The van der Waals surface area contributed by atoms with E-state index in [1.807, 2.05) is 24.4 Å². The van der Waals surface area contributed by atoms with Crippen molar-refractivity contribution in [2.75, 3.05) is 19.6 Å². The number of aromatic amines is 1. The molecule has 2 heterocycles. The highest BCUT2D eigenvalue weighted by atomic mass is 16.4.